The van der Waals surface area contributed by atoms with Crippen LogP contribution < -0.4 is 19.6 Å². The highest BCUT2D eigenvalue weighted by atomic mass is 19.1. The third-order valence-corrected chi connectivity index (χ3v) is 4.20. The van der Waals surface area contributed by atoms with Crippen molar-refractivity contribution in [3.8, 4) is 17.2 Å². The predicted octanol–water partition coefficient (Wildman–Crippen LogP) is 3.83. The summed E-state index contributed by atoms with van der Waals surface area (Å²) in [6.07, 6.45) is 1.43. The number of benzene rings is 3. The summed E-state index contributed by atoms with van der Waals surface area (Å²) in [7, 11) is 2.99. The van der Waals surface area contributed by atoms with Gasteiger partial charge in [-0.3, -0.25) is 4.79 Å². The van der Waals surface area contributed by atoms with Crippen molar-refractivity contribution < 1.29 is 28.2 Å². The first-order valence-electron chi connectivity index (χ1n) is 9.13. The fourth-order valence-electron chi connectivity index (χ4n) is 2.58. The number of amides is 1. The molecule has 0 saturated carbocycles. The first-order chi connectivity index (χ1) is 15.0. The number of carbonyl (C=O) groups excluding carboxylic acids is 2. The van der Waals surface area contributed by atoms with E-state index in [-0.39, 0.29) is 5.56 Å². The second-order valence-corrected chi connectivity index (χ2v) is 6.23. The molecule has 0 aliphatic carbocycles. The molecule has 0 aliphatic heterocycles. The second-order valence-electron chi connectivity index (χ2n) is 6.23. The number of methoxy groups -OCH3 is 2. The molecule has 0 aliphatic rings. The van der Waals surface area contributed by atoms with Crippen LogP contribution in [0.1, 0.15) is 26.3 Å². The third kappa shape index (κ3) is 5.66. The summed E-state index contributed by atoms with van der Waals surface area (Å²) in [5.74, 6) is -0.162. The average molecular weight is 422 g/mol. The van der Waals surface area contributed by atoms with E-state index < -0.39 is 17.7 Å². The van der Waals surface area contributed by atoms with E-state index in [1.165, 1.54) is 50.8 Å². The number of rotatable bonds is 7. The number of esters is 1. The second kappa shape index (κ2) is 10.0. The molecule has 3 aromatic carbocycles. The molecular weight excluding hydrogens is 403 g/mol. The van der Waals surface area contributed by atoms with E-state index in [1.54, 1.807) is 36.4 Å². The zero-order valence-electron chi connectivity index (χ0n) is 16.8. The molecule has 0 atom stereocenters. The molecule has 31 heavy (non-hydrogen) atoms. The van der Waals surface area contributed by atoms with Crippen LogP contribution in [0.4, 0.5) is 4.39 Å². The van der Waals surface area contributed by atoms with Crippen molar-refractivity contribution in [3.05, 3.63) is 89.2 Å². The molecule has 3 aromatic rings. The molecule has 0 radical (unpaired) electrons. The summed E-state index contributed by atoms with van der Waals surface area (Å²) in [6, 6.07) is 16.4. The molecule has 1 N–H and O–H groups in total. The van der Waals surface area contributed by atoms with Crippen molar-refractivity contribution in [2.45, 2.75) is 0 Å². The van der Waals surface area contributed by atoms with Gasteiger partial charge in [-0.2, -0.15) is 5.10 Å². The van der Waals surface area contributed by atoms with Crippen LogP contribution in [0.5, 0.6) is 17.2 Å². The van der Waals surface area contributed by atoms with Crippen molar-refractivity contribution in [1.29, 1.82) is 0 Å². The molecule has 0 aromatic heterocycles. The van der Waals surface area contributed by atoms with E-state index in [1.807, 2.05) is 0 Å². The number of hydrogen-bond donors (Lipinski definition) is 1. The summed E-state index contributed by atoms with van der Waals surface area (Å²) in [4.78, 5) is 24.3. The van der Waals surface area contributed by atoms with Crippen LogP contribution in [0.15, 0.2) is 71.8 Å². The van der Waals surface area contributed by atoms with E-state index in [0.29, 0.717) is 28.4 Å². The first-order valence-corrected chi connectivity index (χ1v) is 9.13. The SMILES string of the molecule is COc1ccc(C(=O)Oc2ccc(/C=N/NC(=O)c3ccc(F)cc3)cc2)cc1OC. The largest absolute Gasteiger partial charge is 0.493 e. The van der Waals surface area contributed by atoms with E-state index in [0.717, 1.165) is 0 Å². The lowest BCUT2D eigenvalue weighted by atomic mass is 10.2. The van der Waals surface area contributed by atoms with Gasteiger partial charge in [0, 0.05) is 5.56 Å². The Morgan fingerprint density at radius 2 is 1.52 bits per heavy atom. The first kappa shape index (κ1) is 21.5. The highest BCUT2D eigenvalue weighted by Gasteiger charge is 2.13. The maximum atomic E-state index is 12.9. The molecule has 1 amide bonds. The lowest BCUT2D eigenvalue weighted by Crippen LogP contribution is -2.17. The topological polar surface area (TPSA) is 86.2 Å². The molecule has 0 heterocycles. The number of hydrogen-bond acceptors (Lipinski definition) is 6. The Balaban J connectivity index is 1.58. The molecule has 7 nitrogen and oxygen atoms in total. The van der Waals surface area contributed by atoms with Crippen LogP contribution in [-0.2, 0) is 0 Å². The van der Waals surface area contributed by atoms with Crippen LogP contribution in [0.25, 0.3) is 0 Å². The van der Waals surface area contributed by atoms with Crippen molar-refractivity contribution in [1.82, 2.24) is 5.43 Å². The minimum atomic E-state index is -0.547. The molecule has 0 bridgehead atoms. The summed E-state index contributed by atoms with van der Waals surface area (Å²) >= 11 is 0. The van der Waals surface area contributed by atoms with Gasteiger partial charge in [-0.05, 0) is 72.3 Å². The predicted molar refractivity (Wildman–Crippen MR) is 112 cm³/mol. The number of nitrogens with zero attached hydrogens (tertiary/aromatic N) is 1. The number of hydrazone groups is 1. The van der Waals surface area contributed by atoms with Gasteiger partial charge < -0.3 is 14.2 Å². The molecule has 0 unspecified atom stereocenters. The van der Waals surface area contributed by atoms with Gasteiger partial charge in [0.05, 0.1) is 26.0 Å². The van der Waals surface area contributed by atoms with Crippen LogP contribution in [0.2, 0.25) is 0 Å². The monoisotopic (exact) mass is 422 g/mol. The third-order valence-electron chi connectivity index (χ3n) is 4.20. The van der Waals surface area contributed by atoms with E-state index >= 15 is 0 Å². The summed E-state index contributed by atoms with van der Waals surface area (Å²) < 4.78 is 28.6. The highest BCUT2D eigenvalue weighted by molar-refractivity contribution is 5.95. The van der Waals surface area contributed by atoms with Crippen LogP contribution >= 0.6 is 0 Å². The maximum absolute atomic E-state index is 12.9. The van der Waals surface area contributed by atoms with Gasteiger partial charge >= 0.3 is 5.97 Å². The Kier molecular flexibility index (Phi) is 6.95. The lowest BCUT2D eigenvalue weighted by molar-refractivity contribution is 0.0734. The Bertz CT molecular complexity index is 1100. The molecule has 0 fully saturated rings. The average Bonchev–Trinajstić information content (AvgIpc) is 2.80. The summed E-state index contributed by atoms with van der Waals surface area (Å²) in [5.41, 5.74) is 3.63. The number of carbonyl (C=O) groups is 2. The molecule has 0 spiro atoms. The van der Waals surface area contributed by atoms with Crippen LogP contribution in [-0.4, -0.2) is 32.3 Å². The Morgan fingerprint density at radius 3 is 2.16 bits per heavy atom. The Labute approximate surface area is 178 Å². The Morgan fingerprint density at radius 1 is 0.871 bits per heavy atom. The quantitative estimate of drug-likeness (QED) is 0.271. The molecule has 0 saturated heterocycles. The molecule has 3 rings (SSSR count). The van der Waals surface area contributed by atoms with Gasteiger partial charge in [0.1, 0.15) is 11.6 Å². The van der Waals surface area contributed by atoms with Crippen molar-refractivity contribution in [3.63, 3.8) is 0 Å². The standard InChI is InChI=1S/C23H19FN2O5/c1-29-20-12-7-17(13-21(20)30-2)23(28)31-19-10-3-15(4-11-19)14-25-26-22(27)16-5-8-18(24)9-6-16/h3-14H,1-2H3,(H,26,27)/b25-14+. The number of ether oxygens (including phenoxy) is 3. The zero-order chi connectivity index (χ0) is 22.2. The van der Waals surface area contributed by atoms with Crippen LogP contribution in [0, 0.1) is 5.82 Å². The zero-order valence-corrected chi connectivity index (χ0v) is 16.8. The van der Waals surface area contributed by atoms with Gasteiger partial charge in [0.25, 0.3) is 5.91 Å². The lowest BCUT2D eigenvalue weighted by Gasteiger charge is -2.09. The normalized spacial score (nSPS) is 10.5. The van der Waals surface area contributed by atoms with Gasteiger partial charge in [0.2, 0.25) is 0 Å². The van der Waals surface area contributed by atoms with Gasteiger partial charge in [-0.25, -0.2) is 14.6 Å². The highest BCUT2D eigenvalue weighted by Crippen LogP contribution is 2.28. The maximum Gasteiger partial charge on any atom is 0.343 e. The van der Waals surface area contributed by atoms with Crippen molar-refractivity contribution in [2.75, 3.05) is 14.2 Å². The van der Waals surface area contributed by atoms with Gasteiger partial charge in [0.15, 0.2) is 11.5 Å². The number of halogens is 1. The van der Waals surface area contributed by atoms with Crippen molar-refractivity contribution in [2.24, 2.45) is 5.10 Å². The molecule has 8 heteroatoms. The van der Waals surface area contributed by atoms with E-state index in [9.17, 15) is 14.0 Å². The van der Waals surface area contributed by atoms with E-state index in [4.69, 9.17) is 14.2 Å². The van der Waals surface area contributed by atoms with Crippen molar-refractivity contribution >= 4 is 18.1 Å². The molecule has 158 valence electrons. The summed E-state index contributed by atoms with van der Waals surface area (Å²) in [6.45, 7) is 0. The van der Waals surface area contributed by atoms with Crippen LogP contribution in [0.3, 0.4) is 0 Å². The molecular formula is C23H19FN2O5. The minimum absolute atomic E-state index is 0.288. The minimum Gasteiger partial charge on any atom is -0.493 e. The fraction of sp³-hybridized carbons (Fsp3) is 0.0870. The van der Waals surface area contributed by atoms with Gasteiger partial charge in [-0.1, -0.05) is 0 Å². The fourth-order valence-corrected chi connectivity index (χ4v) is 2.58. The van der Waals surface area contributed by atoms with Gasteiger partial charge in [-0.15, -0.1) is 0 Å². The number of nitrogens with one attached hydrogen (secondary N) is 1. The smallest absolute Gasteiger partial charge is 0.343 e. The van der Waals surface area contributed by atoms with E-state index in [2.05, 4.69) is 10.5 Å². The summed E-state index contributed by atoms with van der Waals surface area (Å²) in [5, 5.41) is 3.86. The Hall–Kier alpha value is -4.20.